The van der Waals surface area contributed by atoms with Gasteiger partial charge in [-0.2, -0.15) is 0 Å². The zero-order valence-corrected chi connectivity index (χ0v) is 22.6. The van der Waals surface area contributed by atoms with Crippen molar-refractivity contribution in [1.82, 2.24) is 0 Å². The number of carbonyl (C=O) groups is 4. The van der Waals surface area contributed by atoms with Crippen LogP contribution in [0.3, 0.4) is 0 Å². The molecule has 0 bridgehead atoms. The fourth-order valence-electron chi connectivity index (χ4n) is 4.14. The topological polar surface area (TPSA) is 142 Å². The number of ether oxygens (including phenoxy) is 1. The highest BCUT2D eigenvalue weighted by Gasteiger charge is 2.25. The quantitative estimate of drug-likeness (QED) is 0.192. The number of amides is 2. The van der Waals surface area contributed by atoms with E-state index in [9.17, 15) is 29.4 Å². The Morgan fingerprint density at radius 1 is 0.667 bits per heavy atom. The molecule has 2 aromatic carbocycles. The third-order valence-corrected chi connectivity index (χ3v) is 7.73. The molecule has 200 valence electrons. The molecular weight excluding hydrogens is 540 g/mol. The lowest BCUT2D eigenvalue weighted by Crippen LogP contribution is -2.24. The second-order valence-electron chi connectivity index (χ2n) is 8.41. The molecule has 11 heteroatoms. The van der Waals surface area contributed by atoms with Crippen molar-refractivity contribution in [1.29, 1.82) is 0 Å². The van der Waals surface area contributed by atoms with Crippen molar-refractivity contribution in [3.63, 3.8) is 0 Å². The Balaban J connectivity index is 1.40. The van der Waals surface area contributed by atoms with E-state index in [4.69, 9.17) is 4.74 Å². The molecule has 0 atom stereocenters. The summed E-state index contributed by atoms with van der Waals surface area (Å²) in [7, 11) is 0. The molecule has 0 aliphatic heterocycles. The molecule has 4 rings (SSSR count). The Kier molecular flexibility index (Phi) is 8.55. The van der Waals surface area contributed by atoms with E-state index in [1.54, 1.807) is 62.4 Å². The van der Waals surface area contributed by atoms with Crippen molar-refractivity contribution in [2.45, 2.75) is 13.8 Å². The molecule has 0 aliphatic rings. The monoisotopic (exact) mass is 564 g/mol. The number of carboxylic acid groups (broad SMARTS) is 2. The largest absolute Gasteiger partial charge is 0.478 e. The molecule has 2 amide bonds. The summed E-state index contributed by atoms with van der Waals surface area (Å²) in [5, 5.41) is 25.1. The summed E-state index contributed by atoms with van der Waals surface area (Å²) < 4.78 is 5.24. The number of thiophene rings is 2. The third-order valence-electron chi connectivity index (χ3n) is 5.69. The standard InChI is InChI=1S/C28H24N2O7S2/c1-15-21(17-9-5-3-6-10-17)23(27(33)34)25(38-15)29-19(31)13-37-14-20(32)30-26-24(28(35)36)22(16(2)39-26)18-11-7-4-8-12-18/h3-12H,13-14H2,1-2H3,(H,29,31)(H,30,32)(H,33,34)(H,35,36). The normalized spacial score (nSPS) is 10.7. The molecule has 4 N–H and O–H groups in total. The zero-order valence-electron chi connectivity index (χ0n) is 20.9. The molecule has 0 saturated heterocycles. The summed E-state index contributed by atoms with van der Waals surface area (Å²) in [5.41, 5.74) is 2.46. The minimum Gasteiger partial charge on any atom is -0.478 e. The highest BCUT2D eigenvalue weighted by atomic mass is 32.1. The first kappa shape index (κ1) is 27.7. The number of hydrogen-bond donors (Lipinski definition) is 4. The molecule has 0 fully saturated rings. The number of hydrogen-bond acceptors (Lipinski definition) is 7. The van der Waals surface area contributed by atoms with Crippen LogP contribution in [-0.2, 0) is 14.3 Å². The minimum atomic E-state index is -1.18. The molecule has 2 heterocycles. The van der Waals surface area contributed by atoms with Gasteiger partial charge < -0.3 is 25.6 Å². The second-order valence-corrected chi connectivity index (χ2v) is 10.9. The summed E-state index contributed by atoms with van der Waals surface area (Å²) in [6, 6.07) is 18.0. The van der Waals surface area contributed by atoms with Crippen molar-refractivity contribution >= 4 is 56.4 Å². The molecule has 0 radical (unpaired) electrons. The zero-order chi connectivity index (χ0) is 28.1. The van der Waals surface area contributed by atoms with Gasteiger partial charge in [0, 0.05) is 20.9 Å². The lowest BCUT2D eigenvalue weighted by atomic mass is 10.0. The van der Waals surface area contributed by atoms with Crippen LogP contribution in [0.25, 0.3) is 22.3 Å². The van der Waals surface area contributed by atoms with Crippen LogP contribution >= 0.6 is 22.7 Å². The number of anilines is 2. The van der Waals surface area contributed by atoms with E-state index in [2.05, 4.69) is 10.6 Å². The molecule has 0 unspecified atom stereocenters. The van der Waals surface area contributed by atoms with Gasteiger partial charge >= 0.3 is 11.9 Å². The lowest BCUT2D eigenvalue weighted by Gasteiger charge is -2.08. The van der Waals surface area contributed by atoms with Gasteiger partial charge in [-0.1, -0.05) is 60.7 Å². The molecule has 0 saturated carbocycles. The number of aryl methyl sites for hydroxylation is 2. The Morgan fingerprint density at radius 3 is 1.36 bits per heavy atom. The fraction of sp³-hybridized carbons (Fsp3) is 0.143. The Bertz CT molecular complexity index is 1430. The van der Waals surface area contributed by atoms with E-state index in [1.165, 1.54) is 0 Å². The van der Waals surface area contributed by atoms with Crippen LogP contribution in [0.5, 0.6) is 0 Å². The van der Waals surface area contributed by atoms with Gasteiger partial charge in [0.2, 0.25) is 0 Å². The molecular formula is C28H24N2O7S2. The number of nitrogens with one attached hydrogen (secondary N) is 2. The van der Waals surface area contributed by atoms with E-state index in [1.807, 2.05) is 12.1 Å². The first-order valence-electron chi connectivity index (χ1n) is 11.7. The van der Waals surface area contributed by atoms with E-state index in [0.717, 1.165) is 43.6 Å². The molecule has 39 heavy (non-hydrogen) atoms. The maximum absolute atomic E-state index is 12.5. The maximum atomic E-state index is 12.5. The van der Waals surface area contributed by atoms with Gasteiger partial charge in [0.15, 0.2) is 0 Å². The van der Waals surface area contributed by atoms with Gasteiger partial charge in [0.05, 0.1) is 0 Å². The predicted octanol–water partition coefficient (Wildman–Crippen LogP) is 5.75. The summed E-state index contributed by atoms with van der Waals surface area (Å²) in [6.07, 6.45) is 0. The van der Waals surface area contributed by atoms with Crippen LogP contribution in [0, 0.1) is 13.8 Å². The van der Waals surface area contributed by atoms with Gasteiger partial charge in [-0.05, 0) is 25.0 Å². The van der Waals surface area contributed by atoms with Gasteiger partial charge in [-0.25, -0.2) is 9.59 Å². The van der Waals surface area contributed by atoms with Crippen molar-refractivity contribution in [3.8, 4) is 22.3 Å². The average molecular weight is 565 g/mol. The predicted molar refractivity (Wildman–Crippen MR) is 151 cm³/mol. The first-order chi connectivity index (χ1) is 18.7. The van der Waals surface area contributed by atoms with Gasteiger partial charge in [0.25, 0.3) is 11.8 Å². The number of rotatable bonds is 10. The summed E-state index contributed by atoms with van der Waals surface area (Å²) >= 11 is 2.28. The highest BCUT2D eigenvalue weighted by Crippen LogP contribution is 2.41. The molecule has 2 aromatic heterocycles. The summed E-state index contributed by atoms with van der Waals surface area (Å²) in [4.78, 5) is 50.5. The van der Waals surface area contributed by atoms with Crippen molar-refractivity contribution in [2.75, 3.05) is 23.8 Å². The minimum absolute atomic E-state index is 0.0155. The Hall–Kier alpha value is -4.32. The van der Waals surface area contributed by atoms with Gasteiger partial charge in [-0.15, -0.1) is 22.7 Å². The van der Waals surface area contributed by atoms with E-state index >= 15 is 0 Å². The fourth-order valence-corrected chi connectivity index (χ4v) is 6.31. The number of carboxylic acids is 2. The van der Waals surface area contributed by atoms with E-state index in [0.29, 0.717) is 11.1 Å². The molecule has 4 aromatic rings. The van der Waals surface area contributed by atoms with Crippen LogP contribution in [0.4, 0.5) is 10.0 Å². The lowest BCUT2D eigenvalue weighted by molar-refractivity contribution is -0.125. The van der Waals surface area contributed by atoms with Crippen LogP contribution in [0.15, 0.2) is 60.7 Å². The van der Waals surface area contributed by atoms with Crippen molar-refractivity contribution in [2.24, 2.45) is 0 Å². The molecule has 0 spiro atoms. The van der Waals surface area contributed by atoms with Crippen LogP contribution in [0.2, 0.25) is 0 Å². The molecule has 9 nitrogen and oxygen atoms in total. The smallest absolute Gasteiger partial charge is 0.339 e. The second kappa shape index (κ2) is 12.0. The maximum Gasteiger partial charge on any atom is 0.339 e. The van der Waals surface area contributed by atoms with Crippen molar-refractivity contribution in [3.05, 3.63) is 81.5 Å². The third kappa shape index (κ3) is 6.23. The Morgan fingerprint density at radius 2 is 1.03 bits per heavy atom. The first-order valence-corrected chi connectivity index (χ1v) is 13.3. The number of benzene rings is 2. The van der Waals surface area contributed by atoms with Gasteiger partial charge in [-0.3, -0.25) is 9.59 Å². The van der Waals surface area contributed by atoms with Crippen LogP contribution < -0.4 is 10.6 Å². The van der Waals surface area contributed by atoms with Crippen molar-refractivity contribution < 1.29 is 34.1 Å². The summed E-state index contributed by atoms with van der Waals surface area (Å²) in [6.45, 7) is 2.54. The highest BCUT2D eigenvalue weighted by molar-refractivity contribution is 7.17. The van der Waals surface area contributed by atoms with E-state index < -0.39 is 37.0 Å². The van der Waals surface area contributed by atoms with Gasteiger partial charge in [0.1, 0.15) is 34.3 Å². The van der Waals surface area contributed by atoms with Crippen LogP contribution in [0.1, 0.15) is 30.5 Å². The number of aromatic carboxylic acids is 2. The SMILES string of the molecule is Cc1sc(NC(=O)COCC(=O)Nc2sc(C)c(-c3ccccc3)c2C(=O)O)c(C(=O)O)c1-c1ccccc1. The number of carbonyl (C=O) groups excluding carboxylic acids is 2. The van der Waals surface area contributed by atoms with Crippen LogP contribution in [-0.4, -0.2) is 47.2 Å². The average Bonchev–Trinajstić information content (AvgIpc) is 3.40. The Labute approximate surface area is 231 Å². The summed E-state index contributed by atoms with van der Waals surface area (Å²) in [5.74, 6) is -3.61. The molecule has 0 aliphatic carbocycles. The van der Waals surface area contributed by atoms with E-state index in [-0.39, 0.29) is 21.1 Å².